The summed E-state index contributed by atoms with van der Waals surface area (Å²) >= 11 is 3.48. The molecule has 0 aliphatic carbocycles. The maximum atomic E-state index is 12.8. The molecular weight excluding hydrogens is 500 g/mol. The van der Waals surface area contributed by atoms with E-state index >= 15 is 0 Å². The number of fused-ring (bicyclic) bond motifs is 1. The first-order valence-electron chi connectivity index (χ1n) is 11.4. The molecule has 1 N–H and O–H groups in total. The van der Waals surface area contributed by atoms with E-state index in [-0.39, 0.29) is 5.57 Å². The molecule has 0 atom stereocenters. The van der Waals surface area contributed by atoms with Gasteiger partial charge in [-0.3, -0.25) is 4.79 Å². The highest BCUT2D eigenvalue weighted by Crippen LogP contribution is 2.29. The topological polar surface area (TPSA) is 62.1 Å². The van der Waals surface area contributed by atoms with E-state index in [2.05, 4.69) is 59.4 Å². The third kappa shape index (κ3) is 5.79. The van der Waals surface area contributed by atoms with E-state index in [1.807, 2.05) is 60.7 Å². The van der Waals surface area contributed by atoms with Crippen molar-refractivity contribution < 1.29 is 9.53 Å². The number of rotatable bonds is 7. The molecular formula is C30H25BrN2O2. The maximum Gasteiger partial charge on any atom is 0.266 e. The molecule has 5 heteroatoms. The van der Waals surface area contributed by atoms with Gasteiger partial charge in [0.15, 0.2) is 0 Å². The monoisotopic (exact) mass is 524 g/mol. The van der Waals surface area contributed by atoms with Crippen LogP contribution in [0.15, 0.2) is 88.9 Å². The number of halogens is 1. The van der Waals surface area contributed by atoms with Crippen molar-refractivity contribution in [2.75, 3.05) is 5.32 Å². The zero-order chi connectivity index (χ0) is 24.8. The van der Waals surface area contributed by atoms with E-state index in [0.29, 0.717) is 23.6 Å². The number of benzene rings is 4. The molecule has 0 heterocycles. The minimum atomic E-state index is -0.465. The molecule has 4 aromatic carbocycles. The van der Waals surface area contributed by atoms with Crippen LogP contribution in [0.1, 0.15) is 29.2 Å². The first-order chi connectivity index (χ1) is 17.0. The van der Waals surface area contributed by atoms with E-state index in [4.69, 9.17) is 4.74 Å². The van der Waals surface area contributed by atoms with Crippen LogP contribution in [0.25, 0.3) is 16.8 Å². The normalized spacial score (nSPS) is 11.2. The molecule has 0 aromatic heterocycles. The zero-order valence-electron chi connectivity index (χ0n) is 19.6. The fourth-order valence-electron chi connectivity index (χ4n) is 3.88. The van der Waals surface area contributed by atoms with Crippen LogP contribution in [0.5, 0.6) is 5.75 Å². The Morgan fingerprint density at radius 1 is 1.06 bits per heavy atom. The Hall–Kier alpha value is -3.88. The van der Waals surface area contributed by atoms with E-state index < -0.39 is 5.91 Å². The second-order valence-corrected chi connectivity index (χ2v) is 9.14. The summed E-state index contributed by atoms with van der Waals surface area (Å²) in [6.45, 7) is 4.51. The molecule has 4 aromatic rings. The molecule has 0 bridgehead atoms. The number of aryl methyl sites for hydroxylation is 2. The lowest BCUT2D eigenvalue weighted by Crippen LogP contribution is -2.13. The summed E-state index contributed by atoms with van der Waals surface area (Å²) in [5, 5.41) is 14.8. The third-order valence-electron chi connectivity index (χ3n) is 5.90. The average Bonchev–Trinajstić information content (AvgIpc) is 2.88. The third-order valence-corrected chi connectivity index (χ3v) is 6.40. The van der Waals surface area contributed by atoms with Crippen molar-refractivity contribution in [1.82, 2.24) is 0 Å². The lowest BCUT2D eigenvalue weighted by molar-refractivity contribution is -0.112. The van der Waals surface area contributed by atoms with Crippen molar-refractivity contribution in [2.24, 2.45) is 0 Å². The smallest absolute Gasteiger partial charge is 0.266 e. The number of carbonyl (C=O) groups excluding carboxylic acids is 1. The van der Waals surface area contributed by atoms with Gasteiger partial charge in [0, 0.05) is 21.3 Å². The summed E-state index contributed by atoms with van der Waals surface area (Å²) < 4.78 is 7.05. The van der Waals surface area contributed by atoms with E-state index in [1.165, 1.54) is 5.56 Å². The van der Waals surface area contributed by atoms with Gasteiger partial charge in [-0.25, -0.2) is 0 Å². The summed E-state index contributed by atoms with van der Waals surface area (Å²) in [7, 11) is 0. The van der Waals surface area contributed by atoms with Crippen molar-refractivity contribution in [2.45, 2.75) is 26.9 Å². The SMILES string of the molecule is CCc1ccc(NC(=O)/C(C#N)=C/c2cc(Br)ccc2OCc2c(C)ccc3ccccc23)cc1. The number of anilines is 1. The molecule has 0 radical (unpaired) electrons. The van der Waals surface area contributed by atoms with Gasteiger partial charge in [0.05, 0.1) is 0 Å². The van der Waals surface area contributed by atoms with Gasteiger partial charge in [0.25, 0.3) is 5.91 Å². The predicted molar refractivity (Wildman–Crippen MR) is 145 cm³/mol. The van der Waals surface area contributed by atoms with Gasteiger partial charge < -0.3 is 10.1 Å². The molecule has 4 rings (SSSR count). The minimum Gasteiger partial charge on any atom is -0.488 e. The maximum absolute atomic E-state index is 12.8. The van der Waals surface area contributed by atoms with Crippen molar-refractivity contribution in [3.05, 3.63) is 111 Å². The average molecular weight is 525 g/mol. The van der Waals surface area contributed by atoms with Crippen molar-refractivity contribution in [3.8, 4) is 11.8 Å². The molecule has 174 valence electrons. The number of amides is 1. The van der Waals surface area contributed by atoms with Gasteiger partial charge in [0.2, 0.25) is 0 Å². The molecule has 0 saturated carbocycles. The Morgan fingerprint density at radius 2 is 1.83 bits per heavy atom. The lowest BCUT2D eigenvalue weighted by Gasteiger charge is -2.14. The van der Waals surface area contributed by atoms with E-state index in [9.17, 15) is 10.1 Å². The first kappa shape index (κ1) is 24.3. The van der Waals surface area contributed by atoms with Crippen LogP contribution in [0.3, 0.4) is 0 Å². The molecule has 0 saturated heterocycles. The zero-order valence-corrected chi connectivity index (χ0v) is 21.2. The summed E-state index contributed by atoms with van der Waals surface area (Å²) in [4.78, 5) is 12.8. The fourth-order valence-corrected chi connectivity index (χ4v) is 4.26. The van der Waals surface area contributed by atoms with Crippen LogP contribution in [0, 0.1) is 18.3 Å². The second-order valence-electron chi connectivity index (χ2n) is 8.23. The number of nitrogens with one attached hydrogen (secondary N) is 1. The van der Waals surface area contributed by atoms with Crippen molar-refractivity contribution in [1.29, 1.82) is 5.26 Å². The van der Waals surface area contributed by atoms with Crippen LogP contribution in [0.4, 0.5) is 5.69 Å². The highest BCUT2D eigenvalue weighted by atomic mass is 79.9. The first-order valence-corrected chi connectivity index (χ1v) is 12.2. The van der Waals surface area contributed by atoms with Gasteiger partial charge >= 0.3 is 0 Å². The van der Waals surface area contributed by atoms with Gasteiger partial charge in [-0.05, 0) is 71.7 Å². The molecule has 35 heavy (non-hydrogen) atoms. The molecule has 0 aliphatic rings. The quantitative estimate of drug-likeness (QED) is 0.200. The Labute approximate surface area is 214 Å². The van der Waals surface area contributed by atoms with E-state index in [1.54, 1.807) is 6.08 Å². The van der Waals surface area contributed by atoms with Crippen LogP contribution in [-0.2, 0) is 17.8 Å². The Bertz CT molecular complexity index is 1450. The van der Waals surface area contributed by atoms with Gasteiger partial charge in [-0.15, -0.1) is 0 Å². The Morgan fingerprint density at radius 3 is 2.57 bits per heavy atom. The van der Waals surface area contributed by atoms with Gasteiger partial charge in [0.1, 0.15) is 24.0 Å². The molecule has 4 nitrogen and oxygen atoms in total. The molecule has 0 spiro atoms. The standard InChI is InChI=1S/C30H25BrN2O2/c1-3-21-9-13-26(14-10-21)33-30(34)24(18-32)16-23-17-25(31)12-15-29(23)35-19-28-20(2)8-11-22-6-4-5-7-27(22)28/h4-17H,3,19H2,1-2H3,(H,33,34)/b24-16+. The summed E-state index contributed by atoms with van der Waals surface area (Å²) in [6, 6.07) is 27.6. The number of ether oxygens (including phenoxy) is 1. The lowest BCUT2D eigenvalue weighted by atomic mass is 10.0. The minimum absolute atomic E-state index is 0.00569. The summed E-state index contributed by atoms with van der Waals surface area (Å²) in [5.74, 6) is 0.126. The summed E-state index contributed by atoms with van der Waals surface area (Å²) in [6.07, 6.45) is 2.48. The summed E-state index contributed by atoms with van der Waals surface area (Å²) in [5.41, 5.74) is 4.71. The Balaban J connectivity index is 1.59. The van der Waals surface area contributed by atoms with Crippen LogP contribution < -0.4 is 10.1 Å². The highest BCUT2D eigenvalue weighted by molar-refractivity contribution is 9.10. The van der Waals surface area contributed by atoms with Gasteiger partial charge in [-0.1, -0.05) is 71.4 Å². The fraction of sp³-hybridized carbons (Fsp3) is 0.133. The van der Waals surface area contributed by atoms with Crippen LogP contribution in [-0.4, -0.2) is 5.91 Å². The highest BCUT2D eigenvalue weighted by Gasteiger charge is 2.13. The number of carbonyl (C=O) groups is 1. The second kappa shape index (κ2) is 11.0. The van der Waals surface area contributed by atoms with Crippen LogP contribution >= 0.6 is 15.9 Å². The molecule has 0 fully saturated rings. The number of hydrogen-bond donors (Lipinski definition) is 1. The molecule has 0 aliphatic heterocycles. The van der Waals surface area contributed by atoms with Crippen molar-refractivity contribution >= 4 is 44.4 Å². The number of nitriles is 1. The van der Waals surface area contributed by atoms with Crippen LogP contribution in [0.2, 0.25) is 0 Å². The van der Waals surface area contributed by atoms with E-state index in [0.717, 1.165) is 32.8 Å². The predicted octanol–water partition coefficient (Wildman–Crippen LogP) is 7.60. The number of nitrogens with zero attached hydrogens (tertiary/aromatic N) is 1. The number of hydrogen-bond acceptors (Lipinski definition) is 3. The Kier molecular flexibility index (Phi) is 7.64. The molecule has 1 amide bonds. The largest absolute Gasteiger partial charge is 0.488 e. The van der Waals surface area contributed by atoms with Gasteiger partial charge in [-0.2, -0.15) is 5.26 Å². The van der Waals surface area contributed by atoms with Crippen molar-refractivity contribution in [3.63, 3.8) is 0 Å². The molecule has 0 unspecified atom stereocenters.